The zero-order valence-electron chi connectivity index (χ0n) is 11.5. The summed E-state index contributed by atoms with van der Waals surface area (Å²) in [6.45, 7) is 2.70. The van der Waals surface area contributed by atoms with E-state index in [0.717, 1.165) is 18.2 Å². The topological polar surface area (TPSA) is 49.8 Å². The van der Waals surface area contributed by atoms with E-state index in [1.165, 1.54) is 18.2 Å². The van der Waals surface area contributed by atoms with Gasteiger partial charge in [-0.1, -0.05) is 0 Å². The van der Waals surface area contributed by atoms with E-state index < -0.39 is 5.97 Å². The molecule has 0 aromatic heterocycles. The third-order valence-corrected chi connectivity index (χ3v) is 3.56. The van der Waals surface area contributed by atoms with Crippen molar-refractivity contribution in [1.29, 1.82) is 0 Å². The molecule has 5 heteroatoms. The highest BCUT2D eigenvalue weighted by Gasteiger charge is 2.28. The summed E-state index contributed by atoms with van der Waals surface area (Å²) in [6, 6.07) is 4.73. The Morgan fingerprint density at radius 3 is 2.85 bits per heavy atom. The Morgan fingerprint density at radius 2 is 2.25 bits per heavy atom. The Morgan fingerprint density at radius 1 is 1.50 bits per heavy atom. The first-order valence-corrected chi connectivity index (χ1v) is 6.53. The van der Waals surface area contributed by atoms with Gasteiger partial charge in [0.25, 0.3) is 0 Å². The summed E-state index contributed by atoms with van der Waals surface area (Å²) in [5.41, 5.74) is 1.25. The van der Waals surface area contributed by atoms with E-state index in [1.807, 2.05) is 18.9 Å². The molecule has 2 unspecified atom stereocenters. The minimum atomic E-state index is -1.05. The van der Waals surface area contributed by atoms with Crippen LogP contribution >= 0.6 is 0 Å². The molecule has 108 valence electrons. The summed E-state index contributed by atoms with van der Waals surface area (Å²) < 4.78 is 19.2. The first-order chi connectivity index (χ1) is 9.47. The molecule has 1 N–H and O–H groups in total. The van der Waals surface area contributed by atoms with E-state index in [9.17, 15) is 9.18 Å². The maximum Gasteiger partial charge on any atom is 0.328 e. The van der Waals surface area contributed by atoms with E-state index in [1.54, 1.807) is 6.07 Å². The second-order valence-electron chi connectivity index (χ2n) is 4.96. The van der Waals surface area contributed by atoms with Gasteiger partial charge >= 0.3 is 5.97 Å². The zero-order chi connectivity index (χ0) is 14.7. The lowest BCUT2D eigenvalue weighted by Crippen LogP contribution is -2.36. The molecule has 1 aliphatic rings. The molecule has 0 aliphatic carbocycles. The number of hydrogen-bond acceptors (Lipinski definition) is 3. The minimum absolute atomic E-state index is 0.0984. The molecule has 2 atom stereocenters. The van der Waals surface area contributed by atoms with Gasteiger partial charge in [-0.25, -0.2) is 9.18 Å². The van der Waals surface area contributed by atoms with Crippen LogP contribution in [0.25, 0.3) is 6.08 Å². The quantitative estimate of drug-likeness (QED) is 0.860. The van der Waals surface area contributed by atoms with Gasteiger partial charge in [0.2, 0.25) is 0 Å². The number of aliphatic carboxylic acids is 1. The number of likely N-dealkylation sites (N-methyl/N-ethyl adjacent to an activating group) is 1. The van der Waals surface area contributed by atoms with Gasteiger partial charge in [-0.3, -0.25) is 0 Å². The molecule has 1 saturated heterocycles. The van der Waals surface area contributed by atoms with Crippen molar-refractivity contribution in [2.45, 2.75) is 25.5 Å². The van der Waals surface area contributed by atoms with Crippen LogP contribution in [0.1, 0.15) is 18.9 Å². The predicted molar refractivity (Wildman–Crippen MR) is 75.3 cm³/mol. The lowest BCUT2D eigenvalue weighted by Gasteiger charge is -2.29. The SMILES string of the molecule is CC1OCCC1N(C)c1cc(F)cc(/C=C/C(=O)O)c1. The van der Waals surface area contributed by atoms with Crippen LogP contribution in [0.2, 0.25) is 0 Å². The van der Waals surface area contributed by atoms with Crippen LogP contribution in [0.3, 0.4) is 0 Å². The van der Waals surface area contributed by atoms with Gasteiger partial charge in [-0.05, 0) is 43.2 Å². The standard InChI is InChI=1S/C15H18FNO3/c1-10-14(5-6-20-10)17(2)13-8-11(3-4-15(18)19)7-12(16)9-13/h3-4,7-10,14H,5-6H2,1-2H3,(H,18,19)/b4-3+. The Hall–Kier alpha value is -1.88. The van der Waals surface area contributed by atoms with Crippen molar-refractivity contribution in [2.75, 3.05) is 18.6 Å². The highest BCUT2D eigenvalue weighted by molar-refractivity contribution is 5.85. The number of hydrogen-bond donors (Lipinski definition) is 1. The number of anilines is 1. The monoisotopic (exact) mass is 279 g/mol. The summed E-state index contributed by atoms with van der Waals surface area (Å²) in [7, 11) is 1.90. The fraction of sp³-hybridized carbons (Fsp3) is 0.400. The van der Waals surface area contributed by atoms with Crippen LogP contribution in [0.5, 0.6) is 0 Å². The zero-order valence-corrected chi connectivity index (χ0v) is 11.5. The Balaban J connectivity index is 2.25. The summed E-state index contributed by atoms with van der Waals surface area (Å²) in [5.74, 6) is -1.44. The molecule has 1 aromatic rings. The Labute approximate surface area is 117 Å². The third-order valence-electron chi connectivity index (χ3n) is 3.56. The number of ether oxygens (including phenoxy) is 1. The number of halogens is 1. The molecule has 2 rings (SSSR count). The van der Waals surface area contributed by atoms with Gasteiger partial charge in [-0.15, -0.1) is 0 Å². The number of rotatable bonds is 4. The van der Waals surface area contributed by atoms with E-state index in [-0.39, 0.29) is 18.0 Å². The maximum atomic E-state index is 13.7. The fourth-order valence-corrected chi connectivity index (χ4v) is 2.48. The van der Waals surface area contributed by atoms with Gasteiger partial charge in [0.05, 0.1) is 12.1 Å². The van der Waals surface area contributed by atoms with Crippen molar-refractivity contribution in [2.24, 2.45) is 0 Å². The number of carboxylic acid groups (broad SMARTS) is 1. The number of nitrogens with zero attached hydrogens (tertiary/aromatic N) is 1. The molecule has 0 bridgehead atoms. The fourth-order valence-electron chi connectivity index (χ4n) is 2.48. The normalized spacial score (nSPS) is 22.4. The molecular weight excluding hydrogens is 261 g/mol. The van der Waals surface area contributed by atoms with E-state index in [2.05, 4.69) is 0 Å². The molecular formula is C15H18FNO3. The Bertz CT molecular complexity index is 530. The summed E-state index contributed by atoms with van der Waals surface area (Å²) >= 11 is 0. The van der Waals surface area contributed by atoms with Crippen LogP contribution in [-0.2, 0) is 9.53 Å². The number of carbonyl (C=O) groups is 1. The van der Waals surface area contributed by atoms with Crippen LogP contribution < -0.4 is 4.90 Å². The number of carboxylic acids is 1. The van der Waals surface area contributed by atoms with Crippen molar-refractivity contribution < 1.29 is 19.0 Å². The van der Waals surface area contributed by atoms with E-state index >= 15 is 0 Å². The maximum absolute atomic E-state index is 13.7. The molecule has 0 saturated carbocycles. The van der Waals surface area contributed by atoms with Crippen molar-refractivity contribution in [3.05, 3.63) is 35.7 Å². The largest absolute Gasteiger partial charge is 0.478 e. The van der Waals surface area contributed by atoms with Crippen molar-refractivity contribution >= 4 is 17.7 Å². The predicted octanol–water partition coefficient (Wildman–Crippen LogP) is 2.54. The van der Waals surface area contributed by atoms with Crippen LogP contribution in [0.15, 0.2) is 24.3 Å². The van der Waals surface area contributed by atoms with E-state index in [0.29, 0.717) is 12.2 Å². The van der Waals surface area contributed by atoms with Crippen molar-refractivity contribution in [3.63, 3.8) is 0 Å². The molecule has 1 aliphatic heterocycles. The van der Waals surface area contributed by atoms with Gasteiger partial charge < -0.3 is 14.7 Å². The first kappa shape index (κ1) is 14.5. The van der Waals surface area contributed by atoms with Crippen molar-refractivity contribution in [1.82, 2.24) is 0 Å². The molecule has 1 heterocycles. The molecule has 1 aromatic carbocycles. The van der Waals surface area contributed by atoms with Gasteiger partial charge in [0, 0.05) is 25.4 Å². The minimum Gasteiger partial charge on any atom is -0.478 e. The van der Waals surface area contributed by atoms with Crippen LogP contribution in [0.4, 0.5) is 10.1 Å². The molecule has 4 nitrogen and oxygen atoms in total. The second kappa shape index (κ2) is 6.05. The first-order valence-electron chi connectivity index (χ1n) is 6.53. The summed E-state index contributed by atoms with van der Waals surface area (Å²) in [4.78, 5) is 12.5. The highest BCUT2D eigenvalue weighted by Crippen LogP contribution is 2.26. The lowest BCUT2D eigenvalue weighted by atomic mass is 10.1. The average molecular weight is 279 g/mol. The molecule has 1 fully saturated rings. The van der Waals surface area contributed by atoms with Crippen LogP contribution in [-0.4, -0.2) is 36.9 Å². The average Bonchev–Trinajstić information content (AvgIpc) is 2.81. The molecule has 0 spiro atoms. The lowest BCUT2D eigenvalue weighted by molar-refractivity contribution is -0.131. The van der Waals surface area contributed by atoms with Gasteiger partial charge in [0.15, 0.2) is 0 Å². The smallest absolute Gasteiger partial charge is 0.328 e. The van der Waals surface area contributed by atoms with Gasteiger partial charge in [0.1, 0.15) is 5.82 Å². The van der Waals surface area contributed by atoms with E-state index in [4.69, 9.17) is 9.84 Å². The van der Waals surface area contributed by atoms with Gasteiger partial charge in [-0.2, -0.15) is 0 Å². The number of benzene rings is 1. The molecule has 20 heavy (non-hydrogen) atoms. The summed E-state index contributed by atoms with van der Waals surface area (Å²) in [6.07, 6.45) is 3.38. The summed E-state index contributed by atoms with van der Waals surface area (Å²) in [5, 5.41) is 8.62. The molecule has 0 amide bonds. The third kappa shape index (κ3) is 3.36. The van der Waals surface area contributed by atoms with Crippen LogP contribution in [0, 0.1) is 5.82 Å². The molecule has 0 radical (unpaired) electrons. The highest BCUT2D eigenvalue weighted by atomic mass is 19.1. The Kier molecular flexibility index (Phi) is 4.39. The second-order valence-corrected chi connectivity index (χ2v) is 4.96. The van der Waals surface area contributed by atoms with Crippen molar-refractivity contribution in [3.8, 4) is 0 Å².